The van der Waals surface area contributed by atoms with Crippen LogP contribution in [0.1, 0.15) is 39.4 Å². The molecule has 0 fully saturated rings. The summed E-state index contributed by atoms with van der Waals surface area (Å²) in [4.78, 5) is 29.4. The number of nitrogens with one attached hydrogen (secondary N) is 1. The van der Waals surface area contributed by atoms with Crippen LogP contribution in [-0.4, -0.2) is 34.7 Å². The lowest BCUT2D eigenvalue weighted by atomic mass is 9.84. The van der Waals surface area contributed by atoms with Crippen LogP contribution in [0.25, 0.3) is 0 Å². The standard InChI is InChI=1S/C17H23N3O4/c1-6-23-16(21)12-10(3)19-11(4)13(17(22)24-7-2)14(12)15-18-8-9-20(15)5/h8-9,14,19H,6-7H2,1-5H3. The van der Waals surface area contributed by atoms with Gasteiger partial charge in [0.2, 0.25) is 0 Å². The van der Waals surface area contributed by atoms with E-state index in [-0.39, 0.29) is 13.2 Å². The summed E-state index contributed by atoms with van der Waals surface area (Å²) < 4.78 is 12.2. The zero-order chi connectivity index (χ0) is 17.9. The summed E-state index contributed by atoms with van der Waals surface area (Å²) in [5.41, 5.74) is 2.04. The van der Waals surface area contributed by atoms with E-state index in [4.69, 9.17) is 9.47 Å². The van der Waals surface area contributed by atoms with E-state index in [1.54, 1.807) is 44.7 Å². The minimum atomic E-state index is -0.635. The fourth-order valence-corrected chi connectivity index (χ4v) is 2.87. The van der Waals surface area contributed by atoms with E-state index in [1.807, 2.05) is 7.05 Å². The molecular weight excluding hydrogens is 310 g/mol. The molecule has 0 radical (unpaired) electrons. The van der Waals surface area contributed by atoms with Crippen LogP contribution in [0.3, 0.4) is 0 Å². The number of imidazole rings is 1. The van der Waals surface area contributed by atoms with Crippen molar-refractivity contribution in [2.75, 3.05) is 13.2 Å². The molecule has 130 valence electrons. The molecule has 2 rings (SSSR count). The molecule has 1 aromatic heterocycles. The van der Waals surface area contributed by atoms with Gasteiger partial charge in [0.25, 0.3) is 0 Å². The molecule has 0 aromatic carbocycles. The maximum Gasteiger partial charge on any atom is 0.336 e. The van der Waals surface area contributed by atoms with Gasteiger partial charge in [-0.05, 0) is 27.7 Å². The third-order valence-electron chi connectivity index (χ3n) is 3.87. The Balaban J connectivity index is 2.62. The van der Waals surface area contributed by atoms with Gasteiger partial charge in [-0.3, -0.25) is 0 Å². The van der Waals surface area contributed by atoms with Crippen molar-refractivity contribution in [3.63, 3.8) is 0 Å². The Bertz CT molecular complexity index is 675. The summed E-state index contributed by atoms with van der Waals surface area (Å²) in [7, 11) is 1.82. The van der Waals surface area contributed by atoms with Crippen LogP contribution in [0.5, 0.6) is 0 Å². The Morgan fingerprint density at radius 3 is 2.00 bits per heavy atom. The van der Waals surface area contributed by atoms with Crippen molar-refractivity contribution in [3.8, 4) is 0 Å². The number of allylic oxidation sites excluding steroid dienone is 2. The van der Waals surface area contributed by atoms with Gasteiger partial charge in [0.1, 0.15) is 5.82 Å². The number of aromatic nitrogens is 2. The molecule has 0 spiro atoms. The number of nitrogens with zero attached hydrogens (tertiary/aromatic N) is 2. The topological polar surface area (TPSA) is 82.4 Å². The fourth-order valence-electron chi connectivity index (χ4n) is 2.87. The Morgan fingerprint density at radius 1 is 1.12 bits per heavy atom. The van der Waals surface area contributed by atoms with E-state index in [2.05, 4.69) is 10.3 Å². The molecule has 0 atom stereocenters. The molecule has 1 aromatic rings. The van der Waals surface area contributed by atoms with Crippen LogP contribution in [0, 0.1) is 0 Å². The van der Waals surface area contributed by atoms with Crippen LogP contribution in [0.4, 0.5) is 0 Å². The number of hydrogen-bond acceptors (Lipinski definition) is 6. The average Bonchev–Trinajstić information content (AvgIpc) is 2.92. The van der Waals surface area contributed by atoms with Crippen molar-refractivity contribution in [1.82, 2.24) is 14.9 Å². The first kappa shape index (κ1) is 17.8. The number of esters is 2. The third-order valence-corrected chi connectivity index (χ3v) is 3.87. The molecule has 1 N–H and O–H groups in total. The van der Waals surface area contributed by atoms with Crippen LogP contribution >= 0.6 is 0 Å². The van der Waals surface area contributed by atoms with Crippen molar-refractivity contribution in [2.45, 2.75) is 33.6 Å². The molecule has 0 aliphatic carbocycles. The lowest BCUT2D eigenvalue weighted by molar-refractivity contribution is -0.139. The van der Waals surface area contributed by atoms with Crippen LogP contribution in [-0.2, 0) is 26.1 Å². The highest BCUT2D eigenvalue weighted by atomic mass is 16.5. The van der Waals surface area contributed by atoms with Gasteiger partial charge in [-0.2, -0.15) is 0 Å². The predicted molar refractivity (Wildman–Crippen MR) is 87.8 cm³/mol. The Hall–Kier alpha value is -2.57. The van der Waals surface area contributed by atoms with Crippen molar-refractivity contribution in [1.29, 1.82) is 0 Å². The molecular formula is C17H23N3O4. The summed E-state index contributed by atoms with van der Waals surface area (Å²) in [6, 6.07) is 0. The zero-order valence-corrected chi connectivity index (χ0v) is 14.7. The minimum absolute atomic E-state index is 0.250. The summed E-state index contributed by atoms with van der Waals surface area (Å²) >= 11 is 0. The monoisotopic (exact) mass is 333 g/mol. The van der Waals surface area contributed by atoms with E-state index < -0.39 is 17.9 Å². The molecule has 0 bridgehead atoms. The first-order valence-corrected chi connectivity index (χ1v) is 7.92. The van der Waals surface area contributed by atoms with E-state index in [0.717, 1.165) is 0 Å². The van der Waals surface area contributed by atoms with Gasteiger partial charge in [-0.1, -0.05) is 0 Å². The Labute approximate surface area is 141 Å². The van der Waals surface area contributed by atoms with Gasteiger partial charge >= 0.3 is 11.9 Å². The third kappa shape index (κ3) is 3.20. The summed E-state index contributed by atoms with van der Waals surface area (Å²) in [5.74, 6) is -0.986. The van der Waals surface area contributed by atoms with Crippen LogP contribution < -0.4 is 5.32 Å². The van der Waals surface area contributed by atoms with Gasteiger partial charge in [0, 0.05) is 30.8 Å². The quantitative estimate of drug-likeness (QED) is 0.827. The molecule has 7 nitrogen and oxygen atoms in total. The average molecular weight is 333 g/mol. The van der Waals surface area contributed by atoms with Gasteiger partial charge in [0.05, 0.1) is 30.3 Å². The lowest BCUT2D eigenvalue weighted by Gasteiger charge is -2.29. The van der Waals surface area contributed by atoms with Crippen molar-refractivity contribution < 1.29 is 19.1 Å². The lowest BCUT2D eigenvalue weighted by Crippen LogP contribution is -2.33. The van der Waals surface area contributed by atoms with Gasteiger partial charge in [0.15, 0.2) is 0 Å². The molecule has 7 heteroatoms. The second-order valence-electron chi connectivity index (χ2n) is 5.47. The molecule has 0 unspecified atom stereocenters. The summed E-state index contributed by atoms with van der Waals surface area (Å²) in [6.07, 6.45) is 3.40. The molecule has 1 aliphatic heterocycles. The summed E-state index contributed by atoms with van der Waals surface area (Å²) in [6.45, 7) is 7.56. The second kappa shape index (κ2) is 7.33. The first-order valence-electron chi connectivity index (χ1n) is 7.92. The van der Waals surface area contributed by atoms with Crippen LogP contribution in [0.2, 0.25) is 0 Å². The van der Waals surface area contributed by atoms with Gasteiger partial charge < -0.3 is 19.4 Å². The number of carbonyl (C=O) groups is 2. The second-order valence-corrected chi connectivity index (χ2v) is 5.47. The highest BCUT2D eigenvalue weighted by Crippen LogP contribution is 2.38. The van der Waals surface area contributed by atoms with Crippen molar-refractivity contribution in [2.24, 2.45) is 7.05 Å². The molecule has 0 amide bonds. The maximum absolute atomic E-state index is 12.5. The molecule has 0 saturated heterocycles. The highest BCUT2D eigenvalue weighted by Gasteiger charge is 2.39. The largest absolute Gasteiger partial charge is 0.463 e. The molecule has 0 saturated carbocycles. The van der Waals surface area contributed by atoms with E-state index in [1.165, 1.54) is 0 Å². The number of hydrogen-bond donors (Lipinski definition) is 1. The van der Waals surface area contributed by atoms with Gasteiger partial charge in [-0.15, -0.1) is 0 Å². The Morgan fingerprint density at radius 2 is 1.62 bits per heavy atom. The van der Waals surface area contributed by atoms with Crippen molar-refractivity contribution in [3.05, 3.63) is 40.8 Å². The molecule has 24 heavy (non-hydrogen) atoms. The normalized spacial score (nSPS) is 15.4. The molecule has 2 heterocycles. The molecule has 1 aliphatic rings. The van der Waals surface area contributed by atoms with Crippen molar-refractivity contribution >= 4 is 11.9 Å². The SMILES string of the molecule is CCOC(=O)C1=C(C)NC(C)=C(C(=O)OCC)C1c1nccn1C. The number of dihydropyridines is 1. The van der Waals surface area contributed by atoms with Crippen LogP contribution in [0.15, 0.2) is 34.9 Å². The number of carbonyl (C=O) groups excluding carboxylic acids is 2. The fraction of sp³-hybridized carbons (Fsp3) is 0.471. The first-order chi connectivity index (χ1) is 11.4. The minimum Gasteiger partial charge on any atom is -0.463 e. The smallest absolute Gasteiger partial charge is 0.336 e. The zero-order valence-electron chi connectivity index (χ0n) is 14.7. The van der Waals surface area contributed by atoms with E-state index in [9.17, 15) is 9.59 Å². The van der Waals surface area contributed by atoms with E-state index >= 15 is 0 Å². The Kier molecular flexibility index (Phi) is 5.43. The van der Waals surface area contributed by atoms with E-state index in [0.29, 0.717) is 28.4 Å². The highest BCUT2D eigenvalue weighted by molar-refractivity contribution is 5.99. The number of rotatable bonds is 5. The van der Waals surface area contributed by atoms with Gasteiger partial charge in [-0.25, -0.2) is 14.6 Å². The summed E-state index contributed by atoms with van der Waals surface area (Å²) in [5, 5.41) is 3.09. The maximum atomic E-state index is 12.5. The predicted octanol–water partition coefficient (Wildman–Crippen LogP) is 1.78. The number of aryl methyl sites for hydroxylation is 1. The number of ether oxygens (including phenoxy) is 2.